The van der Waals surface area contributed by atoms with Crippen LogP contribution < -0.4 is 0 Å². The van der Waals surface area contributed by atoms with E-state index >= 15 is 0 Å². The van der Waals surface area contributed by atoms with Gasteiger partial charge in [0.15, 0.2) is 0 Å². The van der Waals surface area contributed by atoms with Crippen LogP contribution in [0.3, 0.4) is 0 Å². The highest BCUT2D eigenvalue weighted by atomic mass is 28.4. The fraction of sp³-hybridized carbons (Fsp3) is 1.00. The van der Waals surface area contributed by atoms with Crippen molar-refractivity contribution < 1.29 is 13.3 Å². The van der Waals surface area contributed by atoms with Crippen LogP contribution in [-0.2, 0) is 13.3 Å². The van der Waals surface area contributed by atoms with Gasteiger partial charge in [-0.3, -0.25) is 0 Å². The highest BCUT2D eigenvalue weighted by molar-refractivity contribution is 6.70. The summed E-state index contributed by atoms with van der Waals surface area (Å²) in [7, 11) is -2.04. The molecule has 3 aliphatic rings. The number of rotatable bonds is 0. The lowest BCUT2D eigenvalue weighted by Gasteiger charge is -2.39. The van der Waals surface area contributed by atoms with E-state index in [9.17, 15) is 0 Å². The van der Waals surface area contributed by atoms with Crippen molar-refractivity contribution >= 4 is 15.5 Å². The van der Waals surface area contributed by atoms with E-state index < -0.39 is 8.80 Å². The fourth-order valence-corrected chi connectivity index (χ4v) is 2.94. The summed E-state index contributed by atoms with van der Waals surface area (Å²) in [6, 6.07) is 0. The van der Waals surface area contributed by atoms with Crippen LogP contribution in [0.4, 0.5) is 0 Å². The molecule has 3 saturated heterocycles. The molecule has 0 spiro atoms. The fourth-order valence-electron chi connectivity index (χ4n) is 1.08. The molecule has 5 heteroatoms. The van der Waals surface area contributed by atoms with Crippen LogP contribution in [0.2, 0.25) is 6.55 Å². The molecular formula is C4H9BO3Si. The summed E-state index contributed by atoms with van der Waals surface area (Å²) in [6.45, 7) is 5.00. The summed E-state index contributed by atoms with van der Waals surface area (Å²) in [5.74, 6) is 0. The Labute approximate surface area is 55.7 Å². The van der Waals surface area contributed by atoms with E-state index in [1.807, 2.05) is 6.55 Å². The number of hydrogen-bond acceptors (Lipinski definition) is 3. The number of hydrogen-bond donors (Lipinski definition) is 0. The first-order chi connectivity index (χ1) is 4.29. The molecule has 0 atom stereocenters. The zero-order chi connectivity index (χ0) is 6.32. The first-order valence-electron chi connectivity index (χ1n) is 3.20. The van der Waals surface area contributed by atoms with Crippen molar-refractivity contribution in [1.82, 2.24) is 0 Å². The van der Waals surface area contributed by atoms with E-state index in [-0.39, 0.29) is 0 Å². The monoisotopic (exact) mass is 144 g/mol. The van der Waals surface area contributed by atoms with Crippen molar-refractivity contribution in [2.24, 2.45) is 0 Å². The lowest BCUT2D eigenvalue weighted by atomic mass is 9.52. The average molecular weight is 144 g/mol. The Kier molecular flexibility index (Phi) is 1.20. The zero-order valence-electron chi connectivity index (χ0n) is 5.42. The number of fused-ring (bicyclic) bond motifs is 3. The molecule has 3 nitrogen and oxygen atoms in total. The van der Waals surface area contributed by atoms with Crippen molar-refractivity contribution in [2.75, 3.05) is 19.5 Å². The molecule has 0 unspecified atom stereocenters. The van der Waals surface area contributed by atoms with Gasteiger partial charge in [0.25, 0.3) is 0 Å². The molecule has 0 N–H and O–H groups in total. The van der Waals surface area contributed by atoms with Gasteiger partial charge in [0.1, 0.15) is 0 Å². The molecule has 9 heavy (non-hydrogen) atoms. The minimum Gasteiger partial charge on any atom is -0.382 e. The molecule has 3 rings (SSSR count). The first-order valence-corrected chi connectivity index (χ1v) is 5.43. The summed E-state index contributed by atoms with van der Waals surface area (Å²) in [5, 5.41) is 0. The predicted molar refractivity (Wildman–Crippen MR) is 35.2 cm³/mol. The van der Waals surface area contributed by atoms with E-state index in [1.54, 1.807) is 0 Å². The average Bonchev–Trinajstić information content (AvgIpc) is 1.90. The molecule has 0 aliphatic carbocycles. The molecule has 0 aromatic heterocycles. The summed E-state index contributed by atoms with van der Waals surface area (Å²) in [4.78, 5) is 0. The molecule has 50 valence electrons. The molecule has 3 heterocycles. The molecule has 3 aliphatic heterocycles. The van der Waals surface area contributed by atoms with Crippen LogP contribution in [-0.4, -0.2) is 35.0 Å². The van der Waals surface area contributed by atoms with Crippen LogP contribution in [0.25, 0.3) is 0 Å². The van der Waals surface area contributed by atoms with Crippen LogP contribution in [0, 0.1) is 0 Å². The van der Waals surface area contributed by atoms with Crippen molar-refractivity contribution in [3.8, 4) is 0 Å². The quantitative estimate of drug-likeness (QED) is 0.438. The van der Waals surface area contributed by atoms with Crippen molar-refractivity contribution in [3.63, 3.8) is 0 Å². The van der Waals surface area contributed by atoms with E-state index in [0.717, 1.165) is 19.5 Å². The normalized spacial score (nSPS) is 31.0. The second-order valence-corrected chi connectivity index (χ2v) is 5.25. The third-order valence-electron chi connectivity index (χ3n) is 1.74. The maximum absolute atomic E-state index is 5.36. The van der Waals surface area contributed by atoms with Gasteiger partial charge in [-0.2, -0.15) is 0 Å². The molecule has 0 aromatic rings. The third kappa shape index (κ3) is 0.939. The van der Waals surface area contributed by atoms with Gasteiger partial charge in [-0.1, -0.05) is 0 Å². The minimum atomic E-state index is -2.04. The maximum atomic E-state index is 5.36. The van der Waals surface area contributed by atoms with E-state index in [4.69, 9.17) is 13.3 Å². The second-order valence-electron chi connectivity index (χ2n) is 2.66. The van der Waals surface area contributed by atoms with Gasteiger partial charge in [-0.25, -0.2) is 0 Å². The summed E-state index contributed by atoms with van der Waals surface area (Å²) >= 11 is 0. The molecule has 2 bridgehead atoms. The third-order valence-corrected chi connectivity index (χ3v) is 3.82. The second kappa shape index (κ2) is 1.82. The van der Waals surface area contributed by atoms with Crippen molar-refractivity contribution in [3.05, 3.63) is 0 Å². The minimum absolute atomic E-state index is 0.499. The van der Waals surface area contributed by atoms with Crippen LogP contribution >= 0.6 is 0 Å². The van der Waals surface area contributed by atoms with Gasteiger partial charge < -0.3 is 13.3 Å². The predicted octanol–water partition coefficient (Wildman–Crippen LogP) is -0.256. The van der Waals surface area contributed by atoms with Gasteiger partial charge in [-0.15, -0.1) is 0 Å². The highest BCUT2D eigenvalue weighted by Crippen LogP contribution is 2.20. The Bertz CT molecular complexity index is 109. The van der Waals surface area contributed by atoms with Crippen LogP contribution in [0.1, 0.15) is 0 Å². The summed E-state index contributed by atoms with van der Waals surface area (Å²) < 4.78 is 16.1. The Balaban J connectivity index is 2.11. The maximum Gasteiger partial charge on any atom is 0.495 e. The van der Waals surface area contributed by atoms with Crippen LogP contribution in [0.15, 0.2) is 0 Å². The van der Waals surface area contributed by atoms with Crippen molar-refractivity contribution in [2.45, 2.75) is 6.55 Å². The molecule has 0 saturated carbocycles. The van der Waals surface area contributed by atoms with Gasteiger partial charge in [0.05, 0.1) is 0 Å². The van der Waals surface area contributed by atoms with Gasteiger partial charge in [0, 0.05) is 26.1 Å². The van der Waals surface area contributed by atoms with Gasteiger partial charge in [0.2, 0.25) is 6.71 Å². The van der Waals surface area contributed by atoms with E-state index in [0.29, 0.717) is 6.71 Å². The topological polar surface area (TPSA) is 27.7 Å². The van der Waals surface area contributed by atoms with Gasteiger partial charge >= 0.3 is 8.80 Å². The standard InChI is InChI=1S/C4H9BO3Si/c1-9-6-2-5(3-7-9)4-8-9/h2-4H2,1H3. The largest absolute Gasteiger partial charge is 0.495 e. The molecular weight excluding hydrogens is 135 g/mol. The lowest BCUT2D eigenvalue weighted by Crippen LogP contribution is -2.61. The Morgan fingerprint density at radius 2 is 1.56 bits per heavy atom. The van der Waals surface area contributed by atoms with Crippen LogP contribution in [0.5, 0.6) is 0 Å². The highest BCUT2D eigenvalue weighted by Gasteiger charge is 2.46. The smallest absolute Gasteiger partial charge is 0.382 e. The molecule has 0 radical (unpaired) electrons. The summed E-state index contributed by atoms with van der Waals surface area (Å²) in [5.41, 5.74) is 0. The van der Waals surface area contributed by atoms with E-state index in [1.165, 1.54) is 0 Å². The SMILES string of the molecule is C[Si]12OCB(CO1)CO2. The Morgan fingerprint density at radius 3 is 1.78 bits per heavy atom. The zero-order valence-corrected chi connectivity index (χ0v) is 6.42. The first kappa shape index (κ1) is 5.91. The Hall–Kier alpha value is 0.162. The van der Waals surface area contributed by atoms with Gasteiger partial charge in [-0.05, 0) is 0 Å². The Morgan fingerprint density at radius 1 is 1.11 bits per heavy atom. The van der Waals surface area contributed by atoms with Crippen molar-refractivity contribution in [1.29, 1.82) is 0 Å². The molecule has 3 fully saturated rings. The lowest BCUT2D eigenvalue weighted by molar-refractivity contribution is 0.0604. The summed E-state index contributed by atoms with van der Waals surface area (Å²) in [6.07, 6.45) is 0. The molecule has 0 aromatic carbocycles. The molecule has 0 amide bonds. The van der Waals surface area contributed by atoms with E-state index in [2.05, 4.69) is 0 Å².